The Balaban J connectivity index is 0.000000313. The SMILES string of the molecule is COc1cc(Cc2cnc(N)nc2N)cc(OC)c1OC.Nc1ccnc(N)n1. The zero-order valence-corrected chi connectivity index (χ0v) is 16.4. The molecule has 0 atom stereocenters. The van der Waals surface area contributed by atoms with E-state index in [1.165, 1.54) is 6.20 Å². The fourth-order valence-corrected chi connectivity index (χ4v) is 2.42. The minimum Gasteiger partial charge on any atom is -0.493 e. The van der Waals surface area contributed by atoms with Crippen LogP contribution in [0.3, 0.4) is 0 Å². The number of nitrogen functional groups attached to an aromatic ring is 4. The van der Waals surface area contributed by atoms with Crippen LogP contribution in [0.2, 0.25) is 0 Å². The van der Waals surface area contributed by atoms with Gasteiger partial charge in [-0.1, -0.05) is 0 Å². The van der Waals surface area contributed by atoms with Gasteiger partial charge in [-0.25, -0.2) is 9.97 Å². The Morgan fingerprint density at radius 1 is 0.828 bits per heavy atom. The lowest BCUT2D eigenvalue weighted by Crippen LogP contribution is -2.04. The summed E-state index contributed by atoms with van der Waals surface area (Å²) >= 11 is 0. The van der Waals surface area contributed by atoms with Crippen LogP contribution in [-0.2, 0) is 6.42 Å². The lowest BCUT2D eigenvalue weighted by atomic mass is 10.1. The predicted octanol–water partition coefficient (Wildman–Crippen LogP) is 0.899. The molecule has 8 N–H and O–H groups in total. The third-order valence-electron chi connectivity index (χ3n) is 3.73. The van der Waals surface area contributed by atoms with Crippen LogP contribution in [0.4, 0.5) is 23.5 Å². The molecule has 0 spiro atoms. The first-order valence-electron chi connectivity index (χ1n) is 8.37. The van der Waals surface area contributed by atoms with Crippen LogP contribution >= 0.6 is 0 Å². The number of hydrogen-bond donors (Lipinski definition) is 4. The van der Waals surface area contributed by atoms with Crippen LogP contribution < -0.4 is 37.1 Å². The van der Waals surface area contributed by atoms with E-state index in [4.69, 9.17) is 37.1 Å². The molecule has 154 valence electrons. The predicted molar refractivity (Wildman–Crippen MR) is 111 cm³/mol. The number of hydrogen-bond acceptors (Lipinski definition) is 11. The van der Waals surface area contributed by atoms with Crippen molar-refractivity contribution in [2.45, 2.75) is 6.42 Å². The highest BCUT2D eigenvalue weighted by molar-refractivity contribution is 5.55. The monoisotopic (exact) mass is 400 g/mol. The molecule has 0 unspecified atom stereocenters. The lowest BCUT2D eigenvalue weighted by molar-refractivity contribution is 0.324. The van der Waals surface area contributed by atoms with Gasteiger partial charge in [0.05, 0.1) is 21.3 Å². The maximum Gasteiger partial charge on any atom is 0.221 e. The second kappa shape index (κ2) is 9.78. The molecule has 3 rings (SSSR count). The Morgan fingerprint density at radius 2 is 1.45 bits per heavy atom. The minimum atomic E-state index is 0.154. The number of ether oxygens (including phenoxy) is 3. The van der Waals surface area contributed by atoms with Crippen LogP contribution in [0.15, 0.2) is 30.6 Å². The van der Waals surface area contributed by atoms with Crippen molar-refractivity contribution in [1.29, 1.82) is 0 Å². The van der Waals surface area contributed by atoms with Crippen LogP contribution in [-0.4, -0.2) is 41.3 Å². The number of aromatic nitrogens is 4. The van der Waals surface area contributed by atoms with Gasteiger partial charge >= 0.3 is 0 Å². The van der Waals surface area contributed by atoms with Crippen LogP contribution in [0, 0.1) is 0 Å². The molecule has 2 aromatic heterocycles. The first kappa shape index (κ1) is 21.3. The molecule has 0 saturated carbocycles. The number of anilines is 4. The summed E-state index contributed by atoms with van der Waals surface area (Å²) in [5.41, 5.74) is 23.4. The molecule has 3 aromatic rings. The summed E-state index contributed by atoms with van der Waals surface area (Å²) in [5.74, 6) is 2.84. The van der Waals surface area contributed by atoms with Crippen LogP contribution in [0.25, 0.3) is 0 Å². The van der Waals surface area contributed by atoms with Crippen molar-refractivity contribution in [3.8, 4) is 17.2 Å². The van der Waals surface area contributed by atoms with E-state index in [-0.39, 0.29) is 11.9 Å². The van der Waals surface area contributed by atoms with Crippen molar-refractivity contribution in [1.82, 2.24) is 19.9 Å². The summed E-state index contributed by atoms with van der Waals surface area (Å²) < 4.78 is 15.9. The second-order valence-corrected chi connectivity index (χ2v) is 5.69. The van der Waals surface area contributed by atoms with E-state index in [1.807, 2.05) is 12.1 Å². The van der Waals surface area contributed by atoms with Crippen molar-refractivity contribution in [2.24, 2.45) is 0 Å². The highest BCUT2D eigenvalue weighted by atomic mass is 16.5. The zero-order chi connectivity index (χ0) is 21.4. The molecule has 0 fully saturated rings. The molecule has 0 aliphatic rings. The number of methoxy groups -OCH3 is 3. The standard InChI is InChI=1S/C14H18N4O3.C4H6N4/c1-19-10-5-8(6-11(20-2)12(10)21-3)4-9-7-17-14(16)18-13(9)15;5-3-1-2-7-4(6)8-3/h5-7H,4H2,1-3H3,(H4,15,16,17,18);1-2H,(H4,5,6,7,8). The largest absolute Gasteiger partial charge is 0.493 e. The number of nitrogens with two attached hydrogens (primary N) is 4. The third kappa shape index (κ3) is 5.73. The topological polar surface area (TPSA) is 183 Å². The summed E-state index contributed by atoms with van der Waals surface area (Å²) in [6.07, 6.45) is 3.65. The zero-order valence-electron chi connectivity index (χ0n) is 16.4. The van der Waals surface area contributed by atoms with E-state index in [0.717, 1.165) is 11.1 Å². The van der Waals surface area contributed by atoms with Gasteiger partial charge in [0.15, 0.2) is 11.5 Å². The van der Waals surface area contributed by atoms with Crippen molar-refractivity contribution in [2.75, 3.05) is 44.3 Å². The third-order valence-corrected chi connectivity index (χ3v) is 3.73. The van der Waals surface area contributed by atoms with Gasteiger partial charge in [0.1, 0.15) is 11.6 Å². The highest BCUT2D eigenvalue weighted by Gasteiger charge is 2.14. The molecular weight excluding hydrogens is 376 g/mol. The van der Waals surface area contributed by atoms with Gasteiger partial charge in [-0.2, -0.15) is 9.97 Å². The summed E-state index contributed by atoms with van der Waals surface area (Å²) in [4.78, 5) is 15.1. The van der Waals surface area contributed by atoms with E-state index >= 15 is 0 Å². The first-order valence-corrected chi connectivity index (χ1v) is 8.37. The summed E-state index contributed by atoms with van der Waals surface area (Å²) in [6.45, 7) is 0. The molecule has 2 heterocycles. The second-order valence-electron chi connectivity index (χ2n) is 5.69. The number of nitrogens with zero attached hydrogens (tertiary/aromatic N) is 4. The molecule has 29 heavy (non-hydrogen) atoms. The Hall–Kier alpha value is -4.02. The fraction of sp³-hybridized carbons (Fsp3) is 0.222. The Labute approximate surface area is 168 Å². The van der Waals surface area contributed by atoms with Gasteiger partial charge in [-0.05, 0) is 23.8 Å². The quantitative estimate of drug-likeness (QED) is 0.477. The van der Waals surface area contributed by atoms with Crippen molar-refractivity contribution in [3.63, 3.8) is 0 Å². The van der Waals surface area contributed by atoms with Gasteiger partial charge in [0.25, 0.3) is 0 Å². The number of rotatable bonds is 5. The highest BCUT2D eigenvalue weighted by Crippen LogP contribution is 2.38. The molecule has 0 bridgehead atoms. The maximum absolute atomic E-state index is 5.85. The Kier molecular flexibility index (Phi) is 7.18. The van der Waals surface area contributed by atoms with Crippen molar-refractivity contribution >= 4 is 23.5 Å². The van der Waals surface area contributed by atoms with E-state index in [2.05, 4.69) is 19.9 Å². The van der Waals surface area contributed by atoms with Gasteiger partial charge in [0.2, 0.25) is 17.6 Å². The minimum absolute atomic E-state index is 0.154. The van der Waals surface area contributed by atoms with Crippen molar-refractivity contribution < 1.29 is 14.2 Å². The van der Waals surface area contributed by atoms with Gasteiger partial charge in [0, 0.05) is 24.4 Å². The maximum atomic E-state index is 5.85. The fourth-order valence-electron chi connectivity index (χ4n) is 2.42. The Morgan fingerprint density at radius 3 is 1.90 bits per heavy atom. The normalized spacial score (nSPS) is 9.90. The van der Waals surface area contributed by atoms with Crippen LogP contribution in [0.1, 0.15) is 11.1 Å². The van der Waals surface area contributed by atoms with Gasteiger partial charge in [-0.15, -0.1) is 0 Å². The molecule has 0 saturated heterocycles. The molecule has 0 aliphatic carbocycles. The van der Waals surface area contributed by atoms with E-state index in [9.17, 15) is 0 Å². The molecular formula is C18H24N8O3. The first-order chi connectivity index (χ1) is 13.9. The number of benzene rings is 1. The molecule has 0 radical (unpaired) electrons. The molecule has 0 aliphatic heterocycles. The van der Waals surface area contributed by atoms with E-state index < -0.39 is 0 Å². The van der Waals surface area contributed by atoms with E-state index in [1.54, 1.807) is 33.6 Å². The average molecular weight is 400 g/mol. The summed E-state index contributed by atoms with van der Waals surface area (Å²) in [7, 11) is 4.70. The summed E-state index contributed by atoms with van der Waals surface area (Å²) in [6, 6.07) is 5.30. The lowest BCUT2D eigenvalue weighted by Gasteiger charge is -2.14. The smallest absolute Gasteiger partial charge is 0.221 e. The molecule has 1 aromatic carbocycles. The average Bonchev–Trinajstić information content (AvgIpc) is 2.69. The molecule has 0 amide bonds. The molecule has 11 heteroatoms. The Bertz CT molecular complexity index is 925. The van der Waals surface area contributed by atoms with Crippen molar-refractivity contribution in [3.05, 3.63) is 41.7 Å². The van der Waals surface area contributed by atoms with Crippen LogP contribution in [0.5, 0.6) is 17.2 Å². The van der Waals surface area contributed by atoms with E-state index in [0.29, 0.717) is 35.3 Å². The van der Waals surface area contributed by atoms with Gasteiger partial charge in [-0.3, -0.25) is 0 Å². The van der Waals surface area contributed by atoms with Gasteiger partial charge < -0.3 is 37.1 Å². The molecule has 11 nitrogen and oxygen atoms in total. The summed E-state index contributed by atoms with van der Waals surface area (Å²) in [5, 5.41) is 0.